The van der Waals surface area contributed by atoms with Gasteiger partial charge in [0, 0.05) is 6.42 Å². The number of hydrogen-bond donors (Lipinski definition) is 0. The Balaban J connectivity index is 2.07. The average molecular weight is 250 g/mol. The Morgan fingerprint density at radius 1 is 0.842 bits per heavy atom. The lowest BCUT2D eigenvalue weighted by atomic mass is 10.0. The van der Waals surface area contributed by atoms with Gasteiger partial charge in [-0.1, -0.05) is 66.2 Å². The molecule has 0 unspecified atom stereocenters. The van der Waals surface area contributed by atoms with Crippen molar-refractivity contribution in [3.63, 3.8) is 0 Å². The molecule has 0 saturated heterocycles. The summed E-state index contributed by atoms with van der Waals surface area (Å²) in [5.41, 5.74) is 4.91. The third-order valence-corrected chi connectivity index (χ3v) is 3.06. The van der Waals surface area contributed by atoms with Crippen LogP contribution in [0.2, 0.25) is 0 Å². The summed E-state index contributed by atoms with van der Waals surface area (Å²) in [6.07, 6.45) is 6.45. The second-order valence-corrected chi connectivity index (χ2v) is 4.63. The fourth-order valence-electron chi connectivity index (χ4n) is 1.92. The third-order valence-electron chi connectivity index (χ3n) is 3.06. The van der Waals surface area contributed by atoms with E-state index in [1.54, 1.807) is 0 Å². The van der Waals surface area contributed by atoms with Crippen LogP contribution in [0.5, 0.6) is 0 Å². The van der Waals surface area contributed by atoms with Crippen LogP contribution in [-0.4, -0.2) is 6.29 Å². The highest BCUT2D eigenvalue weighted by Gasteiger charge is 1.96. The van der Waals surface area contributed by atoms with Gasteiger partial charge in [-0.2, -0.15) is 0 Å². The molecule has 0 spiro atoms. The maximum atomic E-state index is 10.2. The molecule has 2 rings (SSSR count). The molecule has 96 valence electrons. The lowest BCUT2D eigenvalue weighted by Gasteiger charge is -2.03. The van der Waals surface area contributed by atoms with Gasteiger partial charge in [0.15, 0.2) is 0 Å². The Bertz CT molecular complexity index is 547. The summed E-state index contributed by atoms with van der Waals surface area (Å²) in [4.78, 5) is 10.2. The number of rotatable bonds is 5. The molecule has 0 heterocycles. The van der Waals surface area contributed by atoms with Crippen molar-refractivity contribution in [1.29, 1.82) is 0 Å². The Morgan fingerprint density at radius 2 is 1.42 bits per heavy atom. The molecule has 0 aromatic heterocycles. The minimum atomic E-state index is 0.595. The van der Waals surface area contributed by atoms with Gasteiger partial charge in [0.05, 0.1) is 0 Å². The Kier molecular flexibility index (Phi) is 4.68. The zero-order chi connectivity index (χ0) is 13.5. The number of unbranched alkanes of at least 4 members (excludes halogenated alkanes) is 1. The molecule has 2 aromatic rings. The van der Waals surface area contributed by atoms with Crippen molar-refractivity contribution in [2.24, 2.45) is 0 Å². The lowest BCUT2D eigenvalue weighted by Crippen LogP contribution is -1.79. The molecule has 0 saturated carbocycles. The van der Waals surface area contributed by atoms with Crippen molar-refractivity contribution in [1.82, 2.24) is 0 Å². The summed E-state index contributed by atoms with van der Waals surface area (Å²) in [7, 11) is 0. The summed E-state index contributed by atoms with van der Waals surface area (Å²) < 4.78 is 0. The number of carbonyl (C=O) groups is 1. The second-order valence-electron chi connectivity index (χ2n) is 4.63. The molecule has 0 atom stereocenters. The topological polar surface area (TPSA) is 17.1 Å². The van der Waals surface area contributed by atoms with E-state index in [1.807, 2.05) is 6.08 Å². The monoisotopic (exact) mass is 250 g/mol. The maximum Gasteiger partial charge on any atom is 0.120 e. The van der Waals surface area contributed by atoms with Crippen LogP contribution in [-0.2, 0) is 4.79 Å². The number of hydrogen-bond acceptors (Lipinski definition) is 1. The number of aryl methyl sites for hydroxylation is 1. The highest BCUT2D eigenvalue weighted by atomic mass is 16.1. The third kappa shape index (κ3) is 3.92. The van der Waals surface area contributed by atoms with Crippen LogP contribution >= 0.6 is 0 Å². The van der Waals surface area contributed by atoms with Crippen LogP contribution in [0.25, 0.3) is 17.2 Å². The SMILES string of the molecule is Cc1ccc(-c2ccc(/C=C\CCC=O)cc2)cc1. The van der Waals surface area contributed by atoms with E-state index in [0.717, 1.165) is 12.7 Å². The molecular formula is C18H18O. The van der Waals surface area contributed by atoms with E-state index in [1.165, 1.54) is 22.3 Å². The molecular weight excluding hydrogens is 232 g/mol. The van der Waals surface area contributed by atoms with Crippen LogP contribution < -0.4 is 0 Å². The van der Waals surface area contributed by atoms with Crippen LogP contribution in [0, 0.1) is 6.92 Å². The smallest absolute Gasteiger partial charge is 0.120 e. The first-order valence-corrected chi connectivity index (χ1v) is 6.57. The highest BCUT2D eigenvalue weighted by Crippen LogP contribution is 2.20. The van der Waals surface area contributed by atoms with Gasteiger partial charge in [-0.3, -0.25) is 0 Å². The molecule has 0 amide bonds. The molecule has 1 heteroatoms. The van der Waals surface area contributed by atoms with Gasteiger partial charge in [-0.25, -0.2) is 0 Å². The summed E-state index contributed by atoms with van der Waals surface area (Å²) >= 11 is 0. The number of aldehydes is 1. The normalized spacial score (nSPS) is 10.8. The summed E-state index contributed by atoms with van der Waals surface area (Å²) in [5, 5.41) is 0. The second kappa shape index (κ2) is 6.69. The van der Waals surface area contributed by atoms with E-state index in [2.05, 4.69) is 61.5 Å². The number of benzene rings is 2. The number of carbonyl (C=O) groups excluding carboxylic acids is 1. The molecule has 0 aliphatic heterocycles. The standard InChI is InChI=1S/C18H18O/c1-15-6-10-17(11-7-15)18-12-8-16(9-13-18)5-3-2-4-14-19/h3,5-14H,2,4H2,1H3/b5-3-. The van der Waals surface area contributed by atoms with Crippen LogP contribution in [0.3, 0.4) is 0 Å². The molecule has 1 nitrogen and oxygen atoms in total. The molecule has 0 aliphatic carbocycles. The molecule has 0 fully saturated rings. The van der Waals surface area contributed by atoms with E-state index in [4.69, 9.17) is 0 Å². The minimum absolute atomic E-state index is 0.595. The van der Waals surface area contributed by atoms with Crippen LogP contribution in [0.1, 0.15) is 24.0 Å². The van der Waals surface area contributed by atoms with E-state index >= 15 is 0 Å². The Labute approximate surface area is 114 Å². The first-order chi connectivity index (χ1) is 9.29. The zero-order valence-electron chi connectivity index (χ0n) is 11.2. The van der Waals surface area contributed by atoms with Crippen molar-refractivity contribution in [2.45, 2.75) is 19.8 Å². The molecule has 19 heavy (non-hydrogen) atoms. The van der Waals surface area contributed by atoms with Gasteiger partial charge in [-0.05, 0) is 30.0 Å². The van der Waals surface area contributed by atoms with Gasteiger partial charge in [0.1, 0.15) is 6.29 Å². The van der Waals surface area contributed by atoms with E-state index in [9.17, 15) is 4.79 Å². The van der Waals surface area contributed by atoms with E-state index in [0.29, 0.717) is 6.42 Å². The van der Waals surface area contributed by atoms with Gasteiger partial charge in [0.2, 0.25) is 0 Å². The van der Waals surface area contributed by atoms with Gasteiger partial charge < -0.3 is 4.79 Å². The van der Waals surface area contributed by atoms with Gasteiger partial charge in [-0.15, -0.1) is 0 Å². The predicted octanol–water partition coefficient (Wildman–Crippen LogP) is 4.65. The van der Waals surface area contributed by atoms with Crippen molar-refractivity contribution in [3.8, 4) is 11.1 Å². The summed E-state index contributed by atoms with van der Waals surface area (Å²) in [5.74, 6) is 0. The number of allylic oxidation sites excluding steroid dienone is 1. The van der Waals surface area contributed by atoms with E-state index < -0.39 is 0 Å². The molecule has 2 aromatic carbocycles. The zero-order valence-corrected chi connectivity index (χ0v) is 11.2. The first-order valence-electron chi connectivity index (χ1n) is 6.57. The van der Waals surface area contributed by atoms with Crippen molar-refractivity contribution >= 4 is 12.4 Å². The quantitative estimate of drug-likeness (QED) is 0.557. The highest BCUT2D eigenvalue weighted by molar-refractivity contribution is 5.66. The Hall–Kier alpha value is -2.15. The first kappa shape index (κ1) is 13.3. The van der Waals surface area contributed by atoms with Crippen molar-refractivity contribution < 1.29 is 4.79 Å². The summed E-state index contributed by atoms with van der Waals surface area (Å²) in [6.45, 7) is 2.09. The average Bonchev–Trinajstić information content (AvgIpc) is 2.45. The van der Waals surface area contributed by atoms with Crippen LogP contribution in [0.15, 0.2) is 54.6 Å². The molecule has 0 N–H and O–H groups in total. The van der Waals surface area contributed by atoms with Crippen molar-refractivity contribution in [3.05, 3.63) is 65.7 Å². The summed E-state index contributed by atoms with van der Waals surface area (Å²) in [6, 6.07) is 17.0. The maximum absolute atomic E-state index is 10.2. The lowest BCUT2D eigenvalue weighted by molar-refractivity contribution is -0.107. The fourth-order valence-corrected chi connectivity index (χ4v) is 1.92. The predicted molar refractivity (Wildman–Crippen MR) is 80.9 cm³/mol. The Morgan fingerprint density at radius 3 is 2.00 bits per heavy atom. The minimum Gasteiger partial charge on any atom is -0.303 e. The van der Waals surface area contributed by atoms with Crippen molar-refractivity contribution in [2.75, 3.05) is 0 Å². The van der Waals surface area contributed by atoms with Crippen LogP contribution in [0.4, 0.5) is 0 Å². The largest absolute Gasteiger partial charge is 0.303 e. The molecule has 0 aliphatic rings. The van der Waals surface area contributed by atoms with Gasteiger partial charge in [0.25, 0.3) is 0 Å². The van der Waals surface area contributed by atoms with Gasteiger partial charge >= 0.3 is 0 Å². The van der Waals surface area contributed by atoms with E-state index in [-0.39, 0.29) is 0 Å². The molecule has 0 bridgehead atoms. The fraction of sp³-hybridized carbons (Fsp3) is 0.167. The molecule has 0 radical (unpaired) electrons.